The molecule has 0 bridgehead atoms. The molecule has 0 aromatic heterocycles. The molecule has 0 amide bonds. The highest BCUT2D eigenvalue weighted by Gasteiger charge is 2.17. The average molecular weight is 232 g/mol. The zero-order valence-corrected chi connectivity index (χ0v) is 10.3. The van der Waals surface area contributed by atoms with Crippen molar-refractivity contribution in [2.45, 2.75) is 45.3 Å². The van der Waals surface area contributed by atoms with Crippen LogP contribution in [0.1, 0.15) is 33.6 Å². The highest BCUT2D eigenvalue weighted by Crippen LogP contribution is 2.08. The molecule has 0 saturated carbocycles. The van der Waals surface area contributed by atoms with Crippen LogP contribution in [0.5, 0.6) is 0 Å². The quantitative estimate of drug-likeness (QED) is 0.538. The van der Waals surface area contributed by atoms with E-state index in [-0.39, 0.29) is 30.8 Å². The van der Waals surface area contributed by atoms with Crippen LogP contribution in [0, 0.1) is 0 Å². The Kier molecular flexibility index (Phi) is 6.21. The Balaban J connectivity index is 3.83. The van der Waals surface area contributed by atoms with E-state index in [1.54, 1.807) is 0 Å². The van der Waals surface area contributed by atoms with E-state index in [2.05, 4.69) is 4.74 Å². The summed E-state index contributed by atoms with van der Waals surface area (Å²) in [5, 5.41) is 9.47. The van der Waals surface area contributed by atoms with Gasteiger partial charge in [-0.2, -0.15) is 0 Å². The standard InChI is InChI=1S/C11H20O5/c1-11(2,3)16-7-9(13)5-8(12)6-10(14)15-4/h9,13H,5-7H2,1-4H3/t9-/m0/s1. The number of ketones is 1. The van der Waals surface area contributed by atoms with Crippen molar-refractivity contribution in [1.29, 1.82) is 0 Å². The van der Waals surface area contributed by atoms with Crippen LogP contribution in [-0.2, 0) is 19.1 Å². The van der Waals surface area contributed by atoms with Gasteiger partial charge in [0.15, 0.2) is 0 Å². The monoisotopic (exact) mass is 232 g/mol. The molecule has 0 aliphatic rings. The van der Waals surface area contributed by atoms with E-state index in [1.165, 1.54) is 7.11 Å². The lowest BCUT2D eigenvalue weighted by Gasteiger charge is -2.21. The Morgan fingerprint density at radius 1 is 1.31 bits per heavy atom. The van der Waals surface area contributed by atoms with Crippen molar-refractivity contribution >= 4 is 11.8 Å². The van der Waals surface area contributed by atoms with Crippen molar-refractivity contribution in [1.82, 2.24) is 0 Å². The smallest absolute Gasteiger partial charge is 0.313 e. The van der Waals surface area contributed by atoms with E-state index in [0.717, 1.165) is 0 Å². The molecule has 0 aliphatic carbocycles. The van der Waals surface area contributed by atoms with E-state index in [0.29, 0.717) is 0 Å². The molecule has 0 aromatic rings. The number of methoxy groups -OCH3 is 1. The lowest BCUT2D eigenvalue weighted by Crippen LogP contribution is -2.28. The summed E-state index contributed by atoms with van der Waals surface area (Å²) in [6, 6.07) is 0. The first-order valence-electron chi connectivity index (χ1n) is 5.15. The van der Waals surface area contributed by atoms with Gasteiger partial charge in [0, 0.05) is 6.42 Å². The molecule has 5 nitrogen and oxygen atoms in total. The predicted octanol–water partition coefficient (Wildman–Crippen LogP) is 0.685. The highest BCUT2D eigenvalue weighted by molar-refractivity contribution is 5.95. The minimum atomic E-state index is -0.878. The Morgan fingerprint density at radius 3 is 2.31 bits per heavy atom. The summed E-state index contributed by atoms with van der Waals surface area (Å²) in [4.78, 5) is 22.0. The van der Waals surface area contributed by atoms with Gasteiger partial charge in [0.2, 0.25) is 0 Å². The summed E-state index contributed by atoms with van der Waals surface area (Å²) in [5.41, 5.74) is -0.355. The molecule has 16 heavy (non-hydrogen) atoms. The van der Waals surface area contributed by atoms with Gasteiger partial charge in [-0.3, -0.25) is 9.59 Å². The van der Waals surface area contributed by atoms with Gasteiger partial charge in [0.05, 0.1) is 25.4 Å². The second kappa shape index (κ2) is 6.60. The van der Waals surface area contributed by atoms with Crippen LogP contribution in [0.3, 0.4) is 0 Å². The molecule has 0 saturated heterocycles. The first-order valence-corrected chi connectivity index (χ1v) is 5.15. The van der Waals surface area contributed by atoms with Gasteiger partial charge >= 0.3 is 5.97 Å². The van der Waals surface area contributed by atoms with E-state index in [4.69, 9.17) is 4.74 Å². The number of hydrogen-bond acceptors (Lipinski definition) is 5. The molecule has 94 valence electrons. The average Bonchev–Trinajstić information content (AvgIpc) is 2.13. The summed E-state index contributed by atoms with van der Waals surface area (Å²) < 4.78 is 9.65. The van der Waals surface area contributed by atoms with Crippen LogP contribution >= 0.6 is 0 Å². The van der Waals surface area contributed by atoms with Crippen LogP contribution < -0.4 is 0 Å². The van der Waals surface area contributed by atoms with Crippen LogP contribution in [-0.4, -0.2) is 42.3 Å². The number of ether oxygens (including phenoxy) is 2. The number of hydrogen-bond donors (Lipinski definition) is 1. The molecule has 0 radical (unpaired) electrons. The molecule has 1 atom stereocenters. The number of esters is 1. The van der Waals surface area contributed by atoms with Gasteiger partial charge in [-0.15, -0.1) is 0 Å². The van der Waals surface area contributed by atoms with E-state index < -0.39 is 12.1 Å². The fraction of sp³-hybridized carbons (Fsp3) is 0.818. The zero-order valence-electron chi connectivity index (χ0n) is 10.3. The molecule has 1 N–H and O–H groups in total. The summed E-state index contributed by atoms with van der Waals surface area (Å²) in [6.07, 6.45) is -1.27. The van der Waals surface area contributed by atoms with Crippen LogP contribution in [0.4, 0.5) is 0 Å². The minimum absolute atomic E-state index is 0.0798. The molecular weight excluding hydrogens is 212 g/mol. The topological polar surface area (TPSA) is 72.8 Å². The van der Waals surface area contributed by atoms with Gasteiger partial charge in [0.25, 0.3) is 0 Å². The first-order chi connectivity index (χ1) is 7.24. The maximum absolute atomic E-state index is 11.2. The molecule has 0 aromatic carbocycles. The number of carbonyl (C=O) groups excluding carboxylic acids is 2. The Labute approximate surface area is 95.7 Å². The van der Waals surface area contributed by atoms with Crippen molar-refractivity contribution in [3.8, 4) is 0 Å². The normalized spacial score (nSPS) is 13.3. The Hall–Kier alpha value is -0.940. The van der Waals surface area contributed by atoms with Gasteiger partial charge in [0.1, 0.15) is 12.2 Å². The molecule has 0 spiro atoms. The molecular formula is C11H20O5. The second-order valence-electron chi connectivity index (χ2n) is 4.57. The van der Waals surface area contributed by atoms with E-state index in [9.17, 15) is 14.7 Å². The molecule has 5 heteroatoms. The number of carbonyl (C=O) groups is 2. The lowest BCUT2D eigenvalue weighted by atomic mass is 10.1. The first kappa shape index (κ1) is 15.1. The fourth-order valence-corrected chi connectivity index (χ4v) is 0.973. The molecule has 0 rings (SSSR count). The van der Waals surface area contributed by atoms with Gasteiger partial charge in [-0.1, -0.05) is 0 Å². The molecule has 0 unspecified atom stereocenters. The van der Waals surface area contributed by atoms with E-state index >= 15 is 0 Å². The lowest BCUT2D eigenvalue weighted by molar-refractivity contribution is -0.144. The van der Waals surface area contributed by atoms with Crippen molar-refractivity contribution in [3.63, 3.8) is 0 Å². The third-order valence-corrected chi connectivity index (χ3v) is 1.74. The number of aliphatic hydroxyl groups is 1. The van der Waals surface area contributed by atoms with E-state index in [1.807, 2.05) is 20.8 Å². The zero-order chi connectivity index (χ0) is 12.8. The Bertz CT molecular complexity index is 241. The van der Waals surface area contributed by atoms with Crippen LogP contribution in [0.2, 0.25) is 0 Å². The third kappa shape index (κ3) is 8.38. The maximum Gasteiger partial charge on any atom is 0.313 e. The van der Waals surface area contributed by atoms with Gasteiger partial charge in [-0.25, -0.2) is 0 Å². The molecule has 0 fully saturated rings. The summed E-state index contributed by atoms with van der Waals surface area (Å²) in [7, 11) is 1.22. The van der Waals surface area contributed by atoms with Crippen molar-refractivity contribution in [2.24, 2.45) is 0 Å². The summed E-state index contributed by atoms with van der Waals surface area (Å²) >= 11 is 0. The van der Waals surface area contributed by atoms with Crippen molar-refractivity contribution in [3.05, 3.63) is 0 Å². The predicted molar refractivity (Wildman–Crippen MR) is 58.0 cm³/mol. The Morgan fingerprint density at radius 2 is 1.88 bits per heavy atom. The summed E-state index contributed by atoms with van der Waals surface area (Å²) in [6.45, 7) is 5.65. The van der Waals surface area contributed by atoms with Gasteiger partial charge < -0.3 is 14.6 Å². The third-order valence-electron chi connectivity index (χ3n) is 1.74. The van der Waals surface area contributed by atoms with Crippen molar-refractivity contribution in [2.75, 3.05) is 13.7 Å². The number of aliphatic hydroxyl groups excluding tert-OH is 1. The van der Waals surface area contributed by atoms with Crippen molar-refractivity contribution < 1.29 is 24.2 Å². The van der Waals surface area contributed by atoms with Crippen LogP contribution in [0.25, 0.3) is 0 Å². The second-order valence-corrected chi connectivity index (χ2v) is 4.57. The number of Topliss-reactive ketones (excluding diaryl/α,β-unsaturated/α-hetero) is 1. The van der Waals surface area contributed by atoms with Crippen LogP contribution in [0.15, 0.2) is 0 Å². The SMILES string of the molecule is COC(=O)CC(=O)C[C@H](O)COC(C)(C)C. The fourth-order valence-electron chi connectivity index (χ4n) is 0.973. The maximum atomic E-state index is 11.2. The molecule has 0 aliphatic heterocycles. The number of rotatable bonds is 6. The van der Waals surface area contributed by atoms with Gasteiger partial charge in [-0.05, 0) is 20.8 Å². The summed E-state index contributed by atoms with van der Waals surface area (Å²) in [5.74, 6) is -0.939. The molecule has 0 heterocycles. The highest BCUT2D eigenvalue weighted by atomic mass is 16.5. The minimum Gasteiger partial charge on any atom is -0.469 e. The largest absolute Gasteiger partial charge is 0.469 e.